The van der Waals surface area contributed by atoms with Gasteiger partial charge < -0.3 is 97.1 Å². The first-order valence-electron chi connectivity index (χ1n) is 48.0. The van der Waals surface area contributed by atoms with Crippen LogP contribution < -0.4 is 16.0 Å². The van der Waals surface area contributed by atoms with Gasteiger partial charge in [-0.05, 0) is 186 Å². The molecule has 0 spiro atoms. The molecule has 0 aliphatic rings. The summed E-state index contributed by atoms with van der Waals surface area (Å²) in [4.78, 5) is 143. The number of quaternary nitrogens is 1. The molecular weight excluding hydrogens is 2050 g/mol. The molecule has 10 unspecified atom stereocenters. The van der Waals surface area contributed by atoms with Crippen LogP contribution in [0.3, 0.4) is 0 Å². The van der Waals surface area contributed by atoms with Crippen molar-refractivity contribution in [2.24, 2.45) is 65.0 Å². The highest BCUT2D eigenvalue weighted by Gasteiger charge is 2.58. The van der Waals surface area contributed by atoms with E-state index in [-0.39, 0.29) is 144 Å². The van der Waals surface area contributed by atoms with E-state index >= 15 is 14.4 Å². The van der Waals surface area contributed by atoms with Crippen LogP contribution in [0.25, 0.3) is 0 Å². The second-order valence-corrected chi connectivity index (χ2v) is 53.1. The number of aliphatic hydroxyl groups is 2. The number of halogens is 3. The maximum Gasteiger partial charge on any atom is 0.472 e. The molecule has 32 nitrogen and oxygen atoms in total. The lowest BCUT2D eigenvalue weighted by Crippen LogP contribution is -2.50. The average Bonchev–Trinajstić information content (AvgIpc) is 0.702. The molecular formula is C106H171Br3N4O28P+. The van der Waals surface area contributed by atoms with E-state index in [4.69, 9.17) is 121 Å². The zero-order valence-corrected chi connectivity index (χ0v) is 95.3. The van der Waals surface area contributed by atoms with Gasteiger partial charge in [0.15, 0.2) is 46.2 Å². The second-order valence-electron chi connectivity index (χ2n) is 45.6. The number of terminal acetylenes is 7. The molecule has 808 valence electrons. The van der Waals surface area contributed by atoms with Gasteiger partial charge in [0.1, 0.15) is 30.2 Å². The van der Waals surface area contributed by atoms with Crippen molar-refractivity contribution in [2.45, 2.75) is 273 Å². The number of likely N-dealkylation sites (N-methyl/N-ethyl adjacent to an activating group) is 1. The number of nitrogens with one attached hydrogen (secondary N) is 3. The Morgan fingerprint density at radius 2 is 0.641 bits per heavy atom. The van der Waals surface area contributed by atoms with Crippen LogP contribution in [-0.4, -0.2) is 290 Å². The fourth-order valence-corrected chi connectivity index (χ4v) is 23.1. The third-order valence-electron chi connectivity index (χ3n) is 23.9. The van der Waals surface area contributed by atoms with Crippen molar-refractivity contribution in [1.29, 1.82) is 0 Å². The number of phosphoric ester groups is 1. The third kappa shape index (κ3) is 53.8. The van der Waals surface area contributed by atoms with Crippen LogP contribution in [0, 0.1) is 151 Å². The number of alkyl halides is 3. The van der Waals surface area contributed by atoms with Crippen molar-refractivity contribution < 1.29 is 138 Å². The highest BCUT2D eigenvalue weighted by Crippen LogP contribution is 2.56. The molecule has 0 radical (unpaired) electrons. The smallest absolute Gasteiger partial charge is 0.463 e. The first-order chi connectivity index (χ1) is 65.2. The van der Waals surface area contributed by atoms with Gasteiger partial charge in [-0.15, -0.1) is 45.0 Å². The summed E-state index contributed by atoms with van der Waals surface area (Å²) in [6.45, 7) is 38.7. The fourth-order valence-electron chi connectivity index (χ4n) is 20.4. The normalized spacial score (nSPS) is 16.8. The predicted octanol–water partition coefficient (Wildman–Crippen LogP) is 13.6. The van der Waals surface area contributed by atoms with Crippen molar-refractivity contribution in [1.82, 2.24) is 16.0 Å². The first-order valence-corrected chi connectivity index (χ1v) is 51.9. The minimum absolute atomic E-state index is 0.0219. The Balaban J connectivity index is 8.96. The van der Waals surface area contributed by atoms with Gasteiger partial charge in [-0.25, -0.2) is 4.57 Å². The number of amides is 1. The Morgan fingerprint density at radius 3 is 0.972 bits per heavy atom. The molecule has 0 heterocycles. The maximum absolute atomic E-state index is 15.7. The Hall–Kier alpha value is -6.70. The summed E-state index contributed by atoms with van der Waals surface area (Å²) in [6.07, 6.45) is 39.1. The van der Waals surface area contributed by atoms with Crippen molar-refractivity contribution in [3.8, 4) is 86.4 Å². The summed E-state index contributed by atoms with van der Waals surface area (Å²) in [5.74, 6) is 9.55. The Kier molecular flexibility index (Phi) is 58.4. The van der Waals surface area contributed by atoms with Crippen LogP contribution in [0.1, 0.15) is 249 Å². The Labute approximate surface area is 874 Å². The summed E-state index contributed by atoms with van der Waals surface area (Å²) in [7, 11) is 0.825. The standard InChI is InChI=1S/C106H170Br3N4O28P/c1-33-47-131-83(117)98(22,74-101(25,72-96(18,19)107)86(120)133-49-35-3)69-91(8,9)67-93(12,13)79-110-43-40-106(139-63-61-129-58-57-127-55-56-128-59-60-130-66-81(115)65-114,41-44-111-80-94(14,15)68-92(10,11)70-99(23,84(118)132-48-34-2)75-102(26,73-97(20,21)108)87(121)134-50-36-4)42-45-112-82(116)95(16,17)71-100(24,85(119)138-62-64-141-142(125,126)140-54-46-113(30,31)32)76-103(27,88(122)135-51-37-5)77-104(28,89(123)136-52-38-6)78-105(29,109)90(124)137-53-39-7/h1-7,81,110-111,114-115H,40-80H2,8-32H3,(H-,112,116,125,126)/p+1. The number of hydrogen-bond acceptors (Lipinski definition) is 29. The largest absolute Gasteiger partial charge is 0.472 e. The SMILES string of the molecule is C#CCOC(=O)C(C)(Br)CC(C)(CC(C)(CC(C)(CC(C)(C)C(=O)NCCC(CCNCC(C)(C)CC(C)(C)CC(C)(CC(C)(CC(C)(C)Br)C(=O)OCC#C)C(=O)OCC#C)(CCNCC(C)(C)CC(C)(C)CC(C)(CC(C)(CC(C)(C)Br)C(=O)OCC#C)C(=O)OCC#C)OCCOCCOCCOCCOCC(O)CO)C(=O)OCCOP(=O)(O)OCC[N+](C)(C)C)C(=O)OCC#C)C(=O)OCC#C. The van der Waals surface area contributed by atoms with Crippen LogP contribution in [0.15, 0.2) is 0 Å². The molecule has 10 atom stereocenters. The summed E-state index contributed by atoms with van der Waals surface area (Å²) in [5.41, 5.74) is -15.9. The van der Waals surface area contributed by atoms with Crippen molar-refractivity contribution in [2.75, 3.05) is 193 Å². The summed E-state index contributed by atoms with van der Waals surface area (Å²) in [5, 5.41) is 29.4. The topological polar surface area (TPSA) is 406 Å². The van der Waals surface area contributed by atoms with E-state index in [0.717, 1.165) is 0 Å². The highest BCUT2D eigenvalue weighted by atomic mass is 79.9. The molecule has 0 aromatic rings. The van der Waals surface area contributed by atoms with Crippen molar-refractivity contribution in [3.05, 3.63) is 0 Å². The number of carbonyl (C=O) groups is 9. The third-order valence-corrected chi connectivity index (χ3v) is 26.1. The van der Waals surface area contributed by atoms with Crippen LogP contribution in [0.2, 0.25) is 0 Å². The quantitative estimate of drug-likeness (QED) is 0.00626. The number of hydrogen-bond donors (Lipinski definition) is 6. The molecule has 0 aromatic heterocycles. The lowest BCUT2D eigenvalue weighted by Gasteiger charge is -2.44. The van der Waals surface area contributed by atoms with Gasteiger partial charge in [-0.3, -0.25) is 52.2 Å². The lowest BCUT2D eigenvalue weighted by molar-refractivity contribution is -0.870. The molecule has 142 heavy (non-hydrogen) atoms. The van der Waals surface area contributed by atoms with Crippen LogP contribution in [0.4, 0.5) is 0 Å². The van der Waals surface area contributed by atoms with Gasteiger partial charge in [-0.1, -0.05) is 186 Å². The first kappa shape index (κ1) is 135. The summed E-state index contributed by atoms with van der Waals surface area (Å²) >= 11 is 10.9. The summed E-state index contributed by atoms with van der Waals surface area (Å²) in [6, 6.07) is 0. The Morgan fingerprint density at radius 1 is 0.352 bits per heavy atom. The number of esters is 8. The molecule has 0 aliphatic carbocycles. The average molecular weight is 2220 g/mol. The molecule has 0 aromatic carbocycles. The zero-order chi connectivity index (χ0) is 109. The number of aliphatic hydroxyl groups excluding tert-OH is 2. The molecule has 0 rings (SSSR count). The minimum atomic E-state index is -4.73. The van der Waals surface area contributed by atoms with E-state index in [2.05, 4.69) is 161 Å². The fraction of sp³-hybridized carbons (Fsp3) is 0.783. The highest BCUT2D eigenvalue weighted by molar-refractivity contribution is 9.10. The van der Waals surface area contributed by atoms with Gasteiger partial charge in [0.05, 0.1) is 137 Å². The zero-order valence-electron chi connectivity index (χ0n) is 89.7. The number of rotatable bonds is 77. The number of phosphoric acid groups is 1. The van der Waals surface area contributed by atoms with E-state index in [1.165, 1.54) is 27.7 Å². The van der Waals surface area contributed by atoms with E-state index in [0.29, 0.717) is 62.9 Å². The van der Waals surface area contributed by atoms with Gasteiger partial charge in [0.2, 0.25) is 5.91 Å². The molecule has 6 N–H and O–H groups in total. The maximum atomic E-state index is 15.7. The van der Waals surface area contributed by atoms with E-state index in [9.17, 15) is 43.3 Å². The minimum Gasteiger partial charge on any atom is -0.463 e. The van der Waals surface area contributed by atoms with Crippen molar-refractivity contribution in [3.63, 3.8) is 0 Å². The predicted molar refractivity (Wildman–Crippen MR) is 556 cm³/mol. The van der Waals surface area contributed by atoms with Crippen molar-refractivity contribution >= 4 is 109 Å². The van der Waals surface area contributed by atoms with E-state index in [1.54, 1.807) is 41.5 Å². The van der Waals surface area contributed by atoms with Crippen LogP contribution in [0.5, 0.6) is 0 Å². The van der Waals surface area contributed by atoms with E-state index < -0.39 is 216 Å². The molecule has 0 saturated heterocycles. The molecule has 36 heteroatoms. The van der Waals surface area contributed by atoms with Crippen LogP contribution in [-0.2, 0) is 118 Å². The number of carbonyl (C=O) groups excluding carboxylic acids is 9. The molecule has 0 saturated carbocycles. The molecule has 0 aliphatic heterocycles. The molecule has 0 fully saturated rings. The number of nitrogens with zero attached hydrogens (tertiary/aromatic N) is 1. The van der Waals surface area contributed by atoms with E-state index in [1.807, 2.05) is 48.8 Å². The summed E-state index contributed by atoms with van der Waals surface area (Å²) < 4.78 is 96.6. The van der Waals surface area contributed by atoms with Gasteiger partial charge in [0.25, 0.3) is 0 Å². The Bertz CT molecular complexity index is 4220. The van der Waals surface area contributed by atoms with Gasteiger partial charge in [0, 0.05) is 33.7 Å². The monoisotopic (exact) mass is 2220 g/mol. The van der Waals surface area contributed by atoms with Gasteiger partial charge in [-0.2, -0.15) is 0 Å². The van der Waals surface area contributed by atoms with Gasteiger partial charge >= 0.3 is 55.6 Å². The molecule has 0 bridgehead atoms. The second kappa shape index (κ2) is 61.3. The lowest BCUT2D eigenvalue weighted by atomic mass is 9.60. The van der Waals surface area contributed by atoms with Crippen LogP contribution >= 0.6 is 55.6 Å². The molecule has 1 amide bonds. The number of ether oxygens (including phenoxy) is 13.